The van der Waals surface area contributed by atoms with Crippen LogP contribution in [0.15, 0.2) is 140 Å². The molecule has 280 valence electrons. The molecule has 0 heterocycles. The molecule has 5 fully saturated rings. The van der Waals surface area contributed by atoms with Crippen molar-refractivity contribution >= 4 is 17.1 Å². The van der Waals surface area contributed by atoms with Crippen LogP contribution >= 0.6 is 0 Å². The third-order valence-electron chi connectivity index (χ3n) is 15.2. The number of hydrogen-bond donors (Lipinski definition) is 0. The monoisotopic (exact) mass is 729 g/mol. The number of anilines is 3. The van der Waals surface area contributed by atoms with Crippen LogP contribution < -0.4 is 4.90 Å². The highest BCUT2D eigenvalue weighted by molar-refractivity contribution is 6.01. The van der Waals surface area contributed by atoms with Crippen LogP contribution in [-0.4, -0.2) is 0 Å². The SMILES string of the molecule is CC1(C)c2cccc(-c3ccccc3)c2-c2ccc(N(c3ccc(C4CCCCC4)cc3)c3ccc(C4C5CC6CC(C5)CC4C6)cc3)c(-c3ccccc3)c21. The van der Waals surface area contributed by atoms with Gasteiger partial charge >= 0.3 is 0 Å². The van der Waals surface area contributed by atoms with Gasteiger partial charge in [-0.3, -0.25) is 0 Å². The quantitative estimate of drug-likeness (QED) is 0.158. The van der Waals surface area contributed by atoms with Gasteiger partial charge in [0, 0.05) is 22.4 Å². The predicted molar refractivity (Wildman–Crippen MR) is 235 cm³/mol. The fourth-order valence-electron chi connectivity index (χ4n) is 13.0. The van der Waals surface area contributed by atoms with Gasteiger partial charge in [-0.1, -0.05) is 142 Å². The molecular weight excluding hydrogens is 675 g/mol. The van der Waals surface area contributed by atoms with E-state index in [9.17, 15) is 0 Å². The average Bonchev–Trinajstić information content (AvgIpc) is 3.48. The summed E-state index contributed by atoms with van der Waals surface area (Å²) >= 11 is 0. The summed E-state index contributed by atoms with van der Waals surface area (Å²) in [6.07, 6.45) is 14.1. The maximum Gasteiger partial charge on any atom is 0.0543 e. The van der Waals surface area contributed by atoms with Gasteiger partial charge in [-0.2, -0.15) is 0 Å². The van der Waals surface area contributed by atoms with E-state index in [1.165, 1.54) is 131 Å². The first kappa shape index (κ1) is 34.4. The van der Waals surface area contributed by atoms with E-state index in [1.54, 1.807) is 5.56 Å². The Kier molecular flexibility index (Phi) is 8.38. The molecule has 0 amide bonds. The predicted octanol–water partition coefficient (Wildman–Crippen LogP) is 15.4. The number of benzene rings is 6. The lowest BCUT2D eigenvalue weighted by Crippen LogP contribution is -2.43. The van der Waals surface area contributed by atoms with Crippen LogP contribution in [0.5, 0.6) is 0 Å². The smallest absolute Gasteiger partial charge is 0.0543 e. The number of hydrogen-bond acceptors (Lipinski definition) is 1. The van der Waals surface area contributed by atoms with Gasteiger partial charge in [-0.05, 0) is 161 Å². The van der Waals surface area contributed by atoms with Gasteiger partial charge in [0.2, 0.25) is 0 Å². The molecule has 12 rings (SSSR count). The van der Waals surface area contributed by atoms with Gasteiger partial charge < -0.3 is 4.90 Å². The lowest BCUT2D eigenvalue weighted by Gasteiger charge is -2.54. The van der Waals surface area contributed by atoms with Crippen LogP contribution in [0.3, 0.4) is 0 Å². The van der Waals surface area contributed by atoms with Gasteiger partial charge in [0.25, 0.3) is 0 Å². The molecule has 4 bridgehead atoms. The first-order valence-corrected chi connectivity index (χ1v) is 21.9. The molecule has 5 saturated carbocycles. The van der Waals surface area contributed by atoms with E-state index < -0.39 is 0 Å². The van der Waals surface area contributed by atoms with Gasteiger partial charge in [-0.15, -0.1) is 0 Å². The summed E-state index contributed by atoms with van der Waals surface area (Å²) in [5.41, 5.74) is 17.4. The minimum atomic E-state index is -0.198. The van der Waals surface area contributed by atoms with Crippen molar-refractivity contribution in [1.82, 2.24) is 0 Å². The first-order valence-electron chi connectivity index (χ1n) is 21.9. The zero-order valence-electron chi connectivity index (χ0n) is 33.3. The Bertz CT molecular complexity index is 2330. The Balaban J connectivity index is 1.09. The molecule has 1 nitrogen and oxygen atoms in total. The third-order valence-corrected chi connectivity index (χ3v) is 15.2. The van der Waals surface area contributed by atoms with Crippen molar-refractivity contribution in [2.24, 2.45) is 23.7 Å². The molecule has 6 aromatic rings. The molecule has 6 aliphatic rings. The second kappa shape index (κ2) is 13.7. The number of nitrogens with zero attached hydrogens (tertiary/aromatic N) is 1. The summed E-state index contributed by atoms with van der Waals surface area (Å²) in [5, 5.41) is 0. The minimum absolute atomic E-state index is 0.198. The maximum atomic E-state index is 2.59. The average molecular weight is 730 g/mol. The largest absolute Gasteiger partial charge is 0.310 e. The third kappa shape index (κ3) is 5.63. The molecule has 1 heteroatoms. The lowest BCUT2D eigenvalue weighted by molar-refractivity contribution is -0.00277. The second-order valence-electron chi connectivity index (χ2n) is 18.8. The van der Waals surface area contributed by atoms with E-state index >= 15 is 0 Å². The van der Waals surface area contributed by atoms with Crippen LogP contribution in [0.4, 0.5) is 17.1 Å². The molecule has 0 saturated heterocycles. The fraction of sp³-hybridized carbons (Fsp3) is 0.345. The highest BCUT2D eigenvalue weighted by Gasteiger charge is 2.48. The molecule has 0 N–H and O–H groups in total. The number of fused-ring (bicyclic) bond motifs is 3. The van der Waals surface area contributed by atoms with Crippen LogP contribution in [0.25, 0.3) is 33.4 Å². The normalized spacial score (nSPS) is 24.5. The van der Waals surface area contributed by atoms with Crippen LogP contribution in [0, 0.1) is 23.7 Å². The summed E-state index contributed by atoms with van der Waals surface area (Å²) in [5.74, 6) is 5.17. The Morgan fingerprint density at radius 3 is 1.70 bits per heavy atom. The van der Waals surface area contributed by atoms with E-state index in [4.69, 9.17) is 0 Å². The molecule has 0 atom stereocenters. The van der Waals surface area contributed by atoms with Crippen molar-refractivity contribution in [3.63, 3.8) is 0 Å². The van der Waals surface area contributed by atoms with Crippen molar-refractivity contribution in [1.29, 1.82) is 0 Å². The van der Waals surface area contributed by atoms with Crippen molar-refractivity contribution in [2.75, 3.05) is 4.90 Å². The van der Waals surface area contributed by atoms with Crippen molar-refractivity contribution in [2.45, 2.75) is 95.3 Å². The molecule has 6 aliphatic carbocycles. The number of rotatable bonds is 7. The zero-order chi connectivity index (χ0) is 37.4. The summed E-state index contributed by atoms with van der Waals surface area (Å²) in [4.78, 5) is 2.59. The molecule has 0 radical (unpaired) electrons. The Hall–Kier alpha value is -4.88. The van der Waals surface area contributed by atoms with Gasteiger partial charge in [0.1, 0.15) is 0 Å². The molecule has 0 unspecified atom stereocenters. The van der Waals surface area contributed by atoms with Gasteiger partial charge in [0.05, 0.1) is 5.69 Å². The lowest BCUT2D eigenvalue weighted by atomic mass is 9.51. The molecule has 0 aliphatic heterocycles. The standard InChI is InChI=1S/C55H55N/c1-55(2)49-20-12-19-47(40-15-8-4-9-16-40)53(49)48-29-30-50(52(54(48)55)41-17-10-5-11-18-41)56(45-25-21-39(22-26-45)38-13-6-3-7-14-38)46-27-23-42(24-28-46)51-43-32-36-31-37(34-43)35-44(51)33-36/h4-5,8-12,15-30,36-38,43-44,51H,3,6-7,13-14,31-35H2,1-2H3. The van der Waals surface area contributed by atoms with Crippen molar-refractivity contribution < 1.29 is 0 Å². The Morgan fingerprint density at radius 1 is 0.482 bits per heavy atom. The molecule has 56 heavy (non-hydrogen) atoms. The summed E-state index contributed by atoms with van der Waals surface area (Å²) < 4.78 is 0. The van der Waals surface area contributed by atoms with E-state index in [2.05, 4.69) is 158 Å². The fourth-order valence-corrected chi connectivity index (χ4v) is 13.0. The Labute approximate surface area is 334 Å². The summed E-state index contributed by atoms with van der Waals surface area (Å²) in [6.45, 7) is 4.90. The van der Waals surface area contributed by atoms with Crippen LogP contribution in [-0.2, 0) is 5.41 Å². The Morgan fingerprint density at radius 2 is 1.07 bits per heavy atom. The van der Waals surface area contributed by atoms with Gasteiger partial charge in [-0.25, -0.2) is 0 Å². The molecule has 6 aromatic carbocycles. The van der Waals surface area contributed by atoms with Gasteiger partial charge in [0.15, 0.2) is 0 Å². The summed E-state index contributed by atoms with van der Waals surface area (Å²) in [6, 6.07) is 53.8. The van der Waals surface area contributed by atoms with Crippen molar-refractivity contribution in [3.8, 4) is 33.4 Å². The van der Waals surface area contributed by atoms with E-state index in [0.29, 0.717) is 5.92 Å². The minimum Gasteiger partial charge on any atom is -0.310 e. The first-order chi connectivity index (χ1) is 27.5. The van der Waals surface area contributed by atoms with E-state index in [1.807, 2.05) is 0 Å². The summed E-state index contributed by atoms with van der Waals surface area (Å²) in [7, 11) is 0. The second-order valence-corrected chi connectivity index (χ2v) is 18.8. The van der Waals surface area contributed by atoms with E-state index in [-0.39, 0.29) is 5.41 Å². The van der Waals surface area contributed by atoms with Crippen LogP contribution in [0.1, 0.15) is 112 Å². The maximum absolute atomic E-state index is 2.59. The zero-order valence-corrected chi connectivity index (χ0v) is 33.3. The molecular formula is C55H55N. The highest BCUT2D eigenvalue weighted by atomic mass is 15.1. The highest BCUT2D eigenvalue weighted by Crippen LogP contribution is 2.61. The molecule has 0 aromatic heterocycles. The topological polar surface area (TPSA) is 3.24 Å². The van der Waals surface area contributed by atoms with Crippen LogP contribution in [0.2, 0.25) is 0 Å². The van der Waals surface area contributed by atoms with Crippen molar-refractivity contribution in [3.05, 3.63) is 162 Å². The molecule has 0 spiro atoms. The van der Waals surface area contributed by atoms with E-state index in [0.717, 1.165) is 29.6 Å².